The van der Waals surface area contributed by atoms with Crippen molar-refractivity contribution in [2.24, 2.45) is 5.41 Å². The number of carboxylic acid groups (broad SMARTS) is 2. The van der Waals surface area contributed by atoms with E-state index in [1.807, 2.05) is 20.8 Å². The fourth-order valence-electron chi connectivity index (χ4n) is 2.07. The Morgan fingerprint density at radius 1 is 1.04 bits per heavy atom. The van der Waals surface area contributed by atoms with Gasteiger partial charge < -0.3 is 24.7 Å². The van der Waals surface area contributed by atoms with Gasteiger partial charge in [0.1, 0.15) is 12.5 Å². The van der Waals surface area contributed by atoms with Crippen LogP contribution in [0.25, 0.3) is 0 Å². The summed E-state index contributed by atoms with van der Waals surface area (Å²) >= 11 is 0. The first-order chi connectivity index (χ1) is 11.8. The highest BCUT2D eigenvalue weighted by molar-refractivity contribution is 5.95. The Kier molecular flexibility index (Phi) is 9.85. The summed E-state index contributed by atoms with van der Waals surface area (Å²) in [5.74, 6) is -3.71. The monoisotopic (exact) mass is 374 g/mol. The molecule has 26 heavy (non-hydrogen) atoms. The molecule has 9 heteroatoms. The molecule has 2 N–H and O–H groups in total. The fourth-order valence-corrected chi connectivity index (χ4v) is 2.07. The van der Waals surface area contributed by atoms with Crippen LogP contribution in [0.15, 0.2) is 0 Å². The largest absolute Gasteiger partial charge is 0.481 e. The third-order valence-electron chi connectivity index (χ3n) is 3.61. The number of hydrogen-bond acceptors (Lipinski definition) is 5. The smallest absolute Gasteiger partial charge is 0.326 e. The Labute approximate surface area is 153 Å². The van der Waals surface area contributed by atoms with Gasteiger partial charge in [-0.25, -0.2) is 4.79 Å². The lowest BCUT2D eigenvalue weighted by Crippen LogP contribution is -2.44. The Balaban J connectivity index is 4.46. The van der Waals surface area contributed by atoms with Gasteiger partial charge in [-0.3, -0.25) is 14.4 Å². The van der Waals surface area contributed by atoms with Gasteiger partial charge in [0.25, 0.3) is 0 Å². The predicted molar refractivity (Wildman–Crippen MR) is 93.6 cm³/mol. The van der Waals surface area contributed by atoms with E-state index in [0.29, 0.717) is 19.8 Å². The first-order valence-corrected chi connectivity index (χ1v) is 8.37. The molecule has 0 saturated carbocycles. The summed E-state index contributed by atoms with van der Waals surface area (Å²) < 4.78 is 5.49. The molecule has 0 aromatic heterocycles. The zero-order valence-electron chi connectivity index (χ0n) is 16.2. The normalized spacial score (nSPS) is 12.3. The molecule has 0 spiro atoms. The van der Waals surface area contributed by atoms with Gasteiger partial charge in [0.05, 0.1) is 13.2 Å². The van der Waals surface area contributed by atoms with Crippen LogP contribution in [-0.4, -0.2) is 83.7 Å². The molecule has 0 aromatic carbocycles. The number of ether oxygens (including phenoxy) is 1. The van der Waals surface area contributed by atoms with E-state index < -0.39 is 30.3 Å². The molecule has 2 amide bonds. The summed E-state index contributed by atoms with van der Waals surface area (Å²) in [6, 6.07) is -1.25. The quantitative estimate of drug-likeness (QED) is 0.402. The van der Waals surface area contributed by atoms with E-state index in [1.165, 1.54) is 11.9 Å². The summed E-state index contributed by atoms with van der Waals surface area (Å²) in [6.45, 7) is 7.42. The number of rotatable bonds is 11. The van der Waals surface area contributed by atoms with Gasteiger partial charge in [-0.15, -0.1) is 0 Å². The second-order valence-corrected chi connectivity index (χ2v) is 7.40. The number of hydrogen-bond donors (Lipinski definition) is 2. The summed E-state index contributed by atoms with van der Waals surface area (Å²) in [6.07, 6.45) is -0.958. The van der Waals surface area contributed by atoms with Crippen molar-refractivity contribution in [3.8, 4) is 0 Å². The van der Waals surface area contributed by atoms with E-state index in [4.69, 9.17) is 9.84 Å². The van der Waals surface area contributed by atoms with Crippen molar-refractivity contribution in [2.45, 2.75) is 46.1 Å². The molecular formula is C17H30N2O7. The molecule has 0 rings (SSSR count). The summed E-state index contributed by atoms with van der Waals surface area (Å²) in [5, 5.41) is 17.9. The van der Waals surface area contributed by atoms with Crippen LogP contribution in [0, 0.1) is 5.41 Å². The van der Waals surface area contributed by atoms with E-state index in [0.717, 1.165) is 4.90 Å². The fraction of sp³-hybridized carbons (Fsp3) is 0.765. The van der Waals surface area contributed by atoms with E-state index in [2.05, 4.69) is 0 Å². The number of nitrogens with zero attached hydrogens (tertiary/aromatic N) is 2. The minimum absolute atomic E-state index is 0.0321. The minimum Gasteiger partial charge on any atom is -0.481 e. The van der Waals surface area contributed by atoms with Crippen LogP contribution in [0.1, 0.15) is 40.0 Å². The van der Waals surface area contributed by atoms with Gasteiger partial charge in [-0.1, -0.05) is 20.8 Å². The van der Waals surface area contributed by atoms with Crippen LogP contribution in [0.2, 0.25) is 0 Å². The first kappa shape index (κ1) is 23.8. The number of carbonyl (C=O) groups is 4. The molecule has 1 atom stereocenters. The Morgan fingerprint density at radius 2 is 1.62 bits per heavy atom. The summed E-state index contributed by atoms with van der Waals surface area (Å²) in [4.78, 5) is 48.0. The molecule has 0 fully saturated rings. The zero-order valence-corrected chi connectivity index (χ0v) is 16.2. The second kappa shape index (κ2) is 10.7. The average molecular weight is 374 g/mol. The number of amides is 2. The third kappa shape index (κ3) is 9.97. The number of carboxylic acids is 2. The van der Waals surface area contributed by atoms with Crippen molar-refractivity contribution in [1.82, 2.24) is 9.80 Å². The molecule has 0 aliphatic carbocycles. The van der Waals surface area contributed by atoms with Crippen LogP contribution in [0.3, 0.4) is 0 Å². The van der Waals surface area contributed by atoms with Crippen LogP contribution < -0.4 is 0 Å². The summed E-state index contributed by atoms with van der Waals surface area (Å²) in [5.41, 5.74) is 0.0321. The Bertz CT molecular complexity index is 514. The van der Waals surface area contributed by atoms with Crippen molar-refractivity contribution < 1.29 is 34.1 Å². The number of likely N-dealkylation sites (N-methyl/N-ethyl adjacent to an activating group) is 2. The zero-order chi connectivity index (χ0) is 20.5. The van der Waals surface area contributed by atoms with Crippen molar-refractivity contribution in [2.75, 3.05) is 33.9 Å². The molecular weight excluding hydrogens is 344 g/mol. The SMILES string of the molecule is CN(CCOCC(C)(C)C)C(=O)CC[C@@H](C(=O)O)N(C)C(=O)CC(=O)O. The van der Waals surface area contributed by atoms with Crippen LogP contribution in [0.5, 0.6) is 0 Å². The van der Waals surface area contributed by atoms with Gasteiger partial charge in [0, 0.05) is 27.1 Å². The average Bonchev–Trinajstić information content (AvgIpc) is 2.49. The van der Waals surface area contributed by atoms with Crippen LogP contribution >= 0.6 is 0 Å². The van der Waals surface area contributed by atoms with E-state index in [1.54, 1.807) is 7.05 Å². The topological polar surface area (TPSA) is 124 Å². The van der Waals surface area contributed by atoms with Crippen molar-refractivity contribution >= 4 is 23.8 Å². The highest BCUT2D eigenvalue weighted by Crippen LogP contribution is 2.13. The highest BCUT2D eigenvalue weighted by atomic mass is 16.5. The maximum absolute atomic E-state index is 12.1. The van der Waals surface area contributed by atoms with Crippen LogP contribution in [0.4, 0.5) is 0 Å². The second-order valence-electron chi connectivity index (χ2n) is 7.40. The van der Waals surface area contributed by atoms with Crippen LogP contribution in [-0.2, 0) is 23.9 Å². The van der Waals surface area contributed by atoms with Crippen molar-refractivity contribution in [3.63, 3.8) is 0 Å². The molecule has 9 nitrogen and oxygen atoms in total. The van der Waals surface area contributed by atoms with Gasteiger partial charge in [0.15, 0.2) is 0 Å². The lowest BCUT2D eigenvalue weighted by Gasteiger charge is -2.25. The molecule has 0 aliphatic rings. The maximum Gasteiger partial charge on any atom is 0.326 e. The van der Waals surface area contributed by atoms with Gasteiger partial charge in [0.2, 0.25) is 11.8 Å². The van der Waals surface area contributed by atoms with E-state index >= 15 is 0 Å². The number of aliphatic carboxylic acids is 2. The van der Waals surface area contributed by atoms with Crippen molar-refractivity contribution in [1.29, 1.82) is 0 Å². The number of carbonyl (C=O) groups excluding carboxylic acids is 2. The Morgan fingerprint density at radius 3 is 2.08 bits per heavy atom. The lowest BCUT2D eigenvalue weighted by molar-refractivity contribution is -0.153. The molecule has 0 radical (unpaired) electrons. The van der Waals surface area contributed by atoms with Gasteiger partial charge in [-0.2, -0.15) is 0 Å². The van der Waals surface area contributed by atoms with Gasteiger partial charge in [-0.05, 0) is 11.8 Å². The van der Waals surface area contributed by atoms with Gasteiger partial charge >= 0.3 is 11.9 Å². The predicted octanol–water partition coefficient (Wildman–Crippen LogP) is 0.674. The summed E-state index contributed by atoms with van der Waals surface area (Å²) in [7, 11) is 2.82. The van der Waals surface area contributed by atoms with Crippen molar-refractivity contribution in [3.05, 3.63) is 0 Å². The minimum atomic E-state index is -1.34. The molecule has 0 aliphatic heterocycles. The first-order valence-electron chi connectivity index (χ1n) is 8.37. The lowest BCUT2D eigenvalue weighted by atomic mass is 9.99. The third-order valence-corrected chi connectivity index (χ3v) is 3.61. The standard InChI is InChI=1S/C17H30N2O7/c1-17(2,3)11-26-9-8-18(4)13(20)7-6-12(16(24)25)19(5)14(21)10-15(22)23/h12H,6-11H2,1-5H3,(H,22,23)(H,24,25)/t12-/m0/s1. The molecule has 0 saturated heterocycles. The molecule has 0 unspecified atom stereocenters. The van der Waals surface area contributed by atoms with E-state index in [9.17, 15) is 24.3 Å². The highest BCUT2D eigenvalue weighted by Gasteiger charge is 2.28. The maximum atomic E-state index is 12.1. The van der Waals surface area contributed by atoms with E-state index in [-0.39, 0.29) is 24.2 Å². The molecule has 0 heterocycles. The molecule has 0 aromatic rings. The molecule has 150 valence electrons. The molecule has 0 bridgehead atoms. The Hall–Kier alpha value is -2.16.